The monoisotopic (exact) mass is 658 g/mol. The first-order valence-electron chi connectivity index (χ1n) is 11.1. The molecule has 0 bridgehead atoms. The van der Waals surface area contributed by atoms with Crippen LogP contribution in [0.3, 0.4) is 0 Å². The molecule has 5 rings (SSSR count). The number of nitrogens with zero attached hydrogens (tertiary/aromatic N) is 5. The lowest BCUT2D eigenvalue weighted by molar-refractivity contribution is 0.485. The van der Waals surface area contributed by atoms with Crippen molar-refractivity contribution in [3.05, 3.63) is 65.7 Å². The number of benzene rings is 2. The zero-order valence-corrected chi connectivity index (χ0v) is 24.7. The molecule has 0 amide bonds. The highest BCUT2D eigenvalue weighted by Gasteiger charge is 2.19. The van der Waals surface area contributed by atoms with Gasteiger partial charge in [0.25, 0.3) is 20.0 Å². The van der Waals surface area contributed by atoms with E-state index in [1.807, 2.05) is 12.1 Å². The van der Waals surface area contributed by atoms with E-state index in [9.17, 15) is 16.8 Å². The molecule has 17 heteroatoms. The van der Waals surface area contributed by atoms with E-state index in [1.54, 1.807) is 24.3 Å². The first-order chi connectivity index (χ1) is 18.1. The predicted octanol–water partition coefficient (Wildman–Crippen LogP) is 3.24. The molecule has 2 aromatic heterocycles. The highest BCUT2D eigenvalue weighted by Crippen LogP contribution is 2.22. The molecular formula is C21H23BrN8O4S4. The minimum Gasteiger partial charge on any atom is -0.369 e. The number of nitrogens with one attached hydrogen (secondary N) is 3. The Labute approximate surface area is 237 Å². The van der Waals surface area contributed by atoms with Gasteiger partial charge in [-0.15, -0.1) is 0 Å². The van der Waals surface area contributed by atoms with E-state index >= 15 is 0 Å². The van der Waals surface area contributed by atoms with Gasteiger partial charge in [-0.2, -0.15) is 8.75 Å². The molecule has 12 nitrogen and oxygen atoms in total. The van der Waals surface area contributed by atoms with Crippen LogP contribution >= 0.6 is 39.0 Å². The lowest BCUT2D eigenvalue weighted by Crippen LogP contribution is -2.49. The second-order valence-electron chi connectivity index (χ2n) is 7.95. The summed E-state index contributed by atoms with van der Waals surface area (Å²) < 4.78 is 61.2. The average Bonchev–Trinajstić information content (AvgIpc) is 3.59. The van der Waals surface area contributed by atoms with Gasteiger partial charge in [0.1, 0.15) is 12.7 Å². The van der Waals surface area contributed by atoms with E-state index in [4.69, 9.17) is 0 Å². The van der Waals surface area contributed by atoms with Crippen molar-refractivity contribution >= 4 is 75.0 Å². The highest BCUT2D eigenvalue weighted by molar-refractivity contribution is 9.10. The Morgan fingerprint density at radius 3 is 1.82 bits per heavy atom. The molecule has 4 aromatic rings. The van der Waals surface area contributed by atoms with Crippen LogP contribution in [0.15, 0.2) is 75.4 Å². The third-order valence-corrected chi connectivity index (χ3v) is 9.83. The van der Waals surface area contributed by atoms with Crippen LogP contribution < -0.4 is 19.7 Å². The van der Waals surface area contributed by atoms with Crippen molar-refractivity contribution in [2.45, 2.75) is 22.8 Å². The Balaban J connectivity index is 0.000000186. The summed E-state index contributed by atoms with van der Waals surface area (Å²) in [6.45, 7) is 4.89. The fourth-order valence-corrected chi connectivity index (χ4v) is 6.99. The Morgan fingerprint density at radius 2 is 1.37 bits per heavy atom. The lowest BCUT2D eigenvalue weighted by Gasteiger charge is -2.33. The Kier molecular flexibility index (Phi) is 9.27. The lowest BCUT2D eigenvalue weighted by atomic mass is 10.2. The molecule has 202 valence electrons. The normalized spacial score (nSPS) is 15.8. The standard InChI is InChI=1S/C13H17N5O2S2.C8H6BrN3O2S2/c1-10-8-18(7-6-14-10)11-2-4-12(5-3-11)22(19,20)17-13-15-9-16-21-13;9-6-1-3-7(4-2-6)16(13,14)12-8-10-5-11-15-8/h2-5,9-10,14H,6-8H2,1H3,(H,15,16,17);1-5H,(H,10,11,12)/t10-;/m0./s1. The van der Waals surface area contributed by atoms with Gasteiger partial charge in [-0.3, -0.25) is 9.44 Å². The molecule has 1 fully saturated rings. The summed E-state index contributed by atoms with van der Waals surface area (Å²) in [7, 11) is -7.18. The van der Waals surface area contributed by atoms with Crippen LogP contribution in [0.5, 0.6) is 0 Å². The first kappa shape index (κ1) is 28.3. The van der Waals surface area contributed by atoms with Crippen LogP contribution in [-0.4, -0.2) is 61.2 Å². The molecule has 1 aliphatic rings. The molecule has 0 unspecified atom stereocenters. The van der Waals surface area contributed by atoms with Crippen molar-refractivity contribution in [3.63, 3.8) is 0 Å². The van der Waals surface area contributed by atoms with E-state index in [1.165, 1.54) is 24.8 Å². The molecule has 0 saturated carbocycles. The fourth-order valence-electron chi connectivity index (χ4n) is 3.40. The first-order valence-corrected chi connectivity index (χ1v) is 16.4. The summed E-state index contributed by atoms with van der Waals surface area (Å²) >= 11 is 5.23. The Bertz CT molecular complexity index is 1520. The SMILES string of the molecule is C[C@H]1CN(c2ccc(S(=O)(=O)Nc3ncns3)cc2)CCN1.O=S(=O)(Nc1ncns1)c1ccc(Br)cc1. The molecule has 0 spiro atoms. The van der Waals surface area contributed by atoms with Crippen LogP contribution in [0.1, 0.15) is 6.92 Å². The number of rotatable bonds is 7. The van der Waals surface area contributed by atoms with E-state index < -0.39 is 20.0 Å². The van der Waals surface area contributed by atoms with Crippen LogP contribution in [0.25, 0.3) is 0 Å². The summed E-state index contributed by atoms with van der Waals surface area (Å²) in [6.07, 6.45) is 2.61. The minimum absolute atomic E-state index is 0.186. The summed E-state index contributed by atoms with van der Waals surface area (Å²) in [5.41, 5.74) is 1.03. The number of piperazine rings is 1. The number of anilines is 3. The second-order valence-corrected chi connectivity index (χ2v) is 13.8. The zero-order valence-electron chi connectivity index (χ0n) is 19.9. The zero-order chi connectivity index (χ0) is 27.2. The van der Waals surface area contributed by atoms with Gasteiger partial charge >= 0.3 is 0 Å². The van der Waals surface area contributed by atoms with Gasteiger partial charge in [0, 0.05) is 58.9 Å². The molecule has 0 radical (unpaired) electrons. The summed E-state index contributed by atoms with van der Waals surface area (Å²) in [5.74, 6) is 0. The van der Waals surface area contributed by atoms with Gasteiger partial charge in [-0.05, 0) is 55.5 Å². The molecule has 3 heterocycles. The molecule has 1 atom stereocenters. The van der Waals surface area contributed by atoms with Crippen molar-refractivity contribution in [2.24, 2.45) is 0 Å². The maximum atomic E-state index is 12.2. The molecular weight excluding hydrogens is 636 g/mol. The molecule has 2 aromatic carbocycles. The Morgan fingerprint density at radius 1 is 0.868 bits per heavy atom. The van der Waals surface area contributed by atoms with Gasteiger partial charge < -0.3 is 10.2 Å². The summed E-state index contributed by atoms with van der Waals surface area (Å²) in [4.78, 5) is 10.2. The van der Waals surface area contributed by atoms with Gasteiger partial charge in [0.05, 0.1) is 9.79 Å². The average molecular weight is 660 g/mol. The molecule has 1 aliphatic heterocycles. The summed E-state index contributed by atoms with van der Waals surface area (Å²) in [6, 6.07) is 13.7. The second kappa shape index (κ2) is 12.4. The molecule has 38 heavy (non-hydrogen) atoms. The van der Waals surface area contributed by atoms with E-state index in [0.29, 0.717) is 6.04 Å². The highest BCUT2D eigenvalue weighted by atomic mass is 79.9. The maximum Gasteiger partial charge on any atom is 0.263 e. The fraction of sp³-hybridized carbons (Fsp3) is 0.238. The number of sulfonamides is 2. The molecule has 3 N–H and O–H groups in total. The predicted molar refractivity (Wildman–Crippen MR) is 152 cm³/mol. The quantitative estimate of drug-likeness (QED) is 0.269. The third kappa shape index (κ3) is 7.67. The number of aromatic nitrogens is 4. The van der Waals surface area contributed by atoms with Gasteiger partial charge in [-0.25, -0.2) is 26.8 Å². The maximum absolute atomic E-state index is 12.2. The van der Waals surface area contributed by atoms with Crippen molar-refractivity contribution in [2.75, 3.05) is 34.0 Å². The molecule has 1 saturated heterocycles. The van der Waals surface area contributed by atoms with E-state index in [0.717, 1.165) is 52.9 Å². The summed E-state index contributed by atoms with van der Waals surface area (Å²) in [5, 5.41) is 3.90. The smallest absolute Gasteiger partial charge is 0.263 e. The van der Waals surface area contributed by atoms with Crippen LogP contribution in [0.2, 0.25) is 0 Å². The van der Waals surface area contributed by atoms with Gasteiger partial charge in [0.2, 0.25) is 10.3 Å². The number of hydrogen-bond acceptors (Lipinski definition) is 12. The topological polar surface area (TPSA) is 159 Å². The number of hydrogen-bond donors (Lipinski definition) is 3. The third-order valence-electron chi connectivity index (χ3n) is 5.17. The van der Waals surface area contributed by atoms with Crippen molar-refractivity contribution < 1.29 is 16.8 Å². The largest absolute Gasteiger partial charge is 0.369 e. The number of halogens is 1. The minimum atomic E-state index is -3.61. The van der Waals surface area contributed by atoms with Crippen LogP contribution in [0, 0.1) is 0 Å². The van der Waals surface area contributed by atoms with E-state index in [2.05, 4.69) is 61.2 Å². The van der Waals surface area contributed by atoms with Crippen molar-refractivity contribution in [3.8, 4) is 0 Å². The van der Waals surface area contributed by atoms with Crippen LogP contribution in [-0.2, 0) is 20.0 Å². The Hall–Kier alpha value is -2.70. The van der Waals surface area contributed by atoms with Gasteiger partial charge in [-0.1, -0.05) is 15.9 Å². The van der Waals surface area contributed by atoms with Crippen LogP contribution in [0.4, 0.5) is 16.0 Å². The molecule has 0 aliphatic carbocycles. The van der Waals surface area contributed by atoms with E-state index in [-0.39, 0.29) is 20.1 Å². The van der Waals surface area contributed by atoms with Gasteiger partial charge in [0.15, 0.2) is 0 Å². The van der Waals surface area contributed by atoms with Crippen molar-refractivity contribution in [1.29, 1.82) is 0 Å². The van der Waals surface area contributed by atoms with Crippen molar-refractivity contribution in [1.82, 2.24) is 24.0 Å².